The maximum Gasteiger partial charge on any atom is 0.306 e. The van der Waals surface area contributed by atoms with Crippen molar-refractivity contribution < 1.29 is 19.1 Å². The first-order valence-electron chi connectivity index (χ1n) is 26.0. The number of esters is 2. The summed E-state index contributed by atoms with van der Waals surface area (Å²) in [4.78, 5) is 27.6. The summed E-state index contributed by atoms with van der Waals surface area (Å²) in [5.74, 6) is 1.98. The first-order chi connectivity index (χ1) is 27.9. The fraction of sp³-hybridized carbons (Fsp3) is 0.962. The summed E-state index contributed by atoms with van der Waals surface area (Å²) in [5, 5.41) is 0. The highest BCUT2D eigenvalue weighted by atomic mass is 16.5. The molecule has 0 atom stereocenters. The first kappa shape index (κ1) is 55.9. The van der Waals surface area contributed by atoms with Crippen LogP contribution in [0.15, 0.2) is 0 Å². The summed E-state index contributed by atoms with van der Waals surface area (Å²) in [6, 6.07) is 0. The van der Waals surface area contributed by atoms with Crippen molar-refractivity contribution in [2.24, 2.45) is 17.8 Å². The van der Waals surface area contributed by atoms with Crippen molar-refractivity contribution in [3.63, 3.8) is 0 Å². The van der Waals surface area contributed by atoms with Gasteiger partial charge in [-0.25, -0.2) is 0 Å². The van der Waals surface area contributed by atoms with E-state index in [1.807, 2.05) is 0 Å². The molecule has 0 unspecified atom stereocenters. The Bertz CT molecular complexity index is 749. The molecule has 0 amide bonds. The number of unbranched alkanes of at least 4 members (excludes halogenated alkanes) is 22. The van der Waals surface area contributed by atoms with Gasteiger partial charge in [0.25, 0.3) is 0 Å². The SMILES string of the molecule is CCCCCC(CCCCC)CC(=O)OCCCCCCCCCCC(CCCCCCCCCCOC(=O)CC(CCCCC)CCCCC)CN(CC)CC. The highest BCUT2D eigenvalue weighted by Crippen LogP contribution is 2.24. The van der Waals surface area contributed by atoms with E-state index in [0.29, 0.717) is 37.9 Å². The molecule has 5 nitrogen and oxygen atoms in total. The first-order valence-corrected chi connectivity index (χ1v) is 26.0. The molecule has 0 N–H and O–H groups in total. The van der Waals surface area contributed by atoms with Gasteiger partial charge in [0.05, 0.1) is 13.2 Å². The van der Waals surface area contributed by atoms with Gasteiger partial charge in [0, 0.05) is 19.4 Å². The molecule has 0 rings (SSSR count). The van der Waals surface area contributed by atoms with E-state index in [1.54, 1.807) is 0 Å². The van der Waals surface area contributed by atoms with Gasteiger partial charge in [-0.15, -0.1) is 0 Å². The second kappa shape index (κ2) is 44.5. The molecule has 57 heavy (non-hydrogen) atoms. The lowest BCUT2D eigenvalue weighted by Gasteiger charge is -2.25. The van der Waals surface area contributed by atoms with Crippen LogP contribution in [0.25, 0.3) is 0 Å². The van der Waals surface area contributed by atoms with Gasteiger partial charge in [-0.1, -0.05) is 208 Å². The summed E-state index contributed by atoms with van der Waals surface area (Å²) in [7, 11) is 0. The van der Waals surface area contributed by atoms with E-state index in [0.717, 1.165) is 18.8 Å². The predicted octanol–water partition coefficient (Wildman–Crippen LogP) is 16.4. The van der Waals surface area contributed by atoms with E-state index in [1.165, 1.54) is 225 Å². The fourth-order valence-electron chi connectivity index (χ4n) is 8.76. The second-order valence-corrected chi connectivity index (χ2v) is 18.2. The van der Waals surface area contributed by atoms with Gasteiger partial charge in [0.2, 0.25) is 0 Å². The van der Waals surface area contributed by atoms with Gasteiger partial charge in [-0.3, -0.25) is 9.59 Å². The molecule has 0 aromatic rings. The van der Waals surface area contributed by atoms with E-state index >= 15 is 0 Å². The van der Waals surface area contributed by atoms with Crippen LogP contribution < -0.4 is 0 Å². The average Bonchev–Trinajstić information content (AvgIpc) is 3.20. The molecular formula is C52H103NO4. The molecule has 0 fully saturated rings. The van der Waals surface area contributed by atoms with Crippen LogP contribution in [-0.4, -0.2) is 49.7 Å². The Kier molecular flexibility index (Phi) is 43.6. The molecule has 0 bridgehead atoms. The van der Waals surface area contributed by atoms with Crippen LogP contribution in [-0.2, 0) is 19.1 Å². The standard InChI is InChI=1S/C52H103NO4/c1-7-13-29-37-48(38-30-14-8-2)45-51(54)56-43-35-27-23-19-17-21-25-33-41-50(47-53(11-5)12-6)42-34-26-22-18-20-24-28-36-44-57-52(55)46-49(39-31-15-9-3)40-32-16-10-4/h48-50H,7-47H2,1-6H3. The second-order valence-electron chi connectivity index (χ2n) is 18.2. The van der Waals surface area contributed by atoms with E-state index in [4.69, 9.17) is 9.47 Å². The third kappa shape index (κ3) is 38.8. The number of hydrogen-bond acceptors (Lipinski definition) is 5. The number of hydrogen-bond donors (Lipinski definition) is 0. The van der Waals surface area contributed by atoms with Gasteiger partial charge in [0.1, 0.15) is 0 Å². The van der Waals surface area contributed by atoms with Crippen LogP contribution >= 0.6 is 0 Å². The van der Waals surface area contributed by atoms with E-state index in [2.05, 4.69) is 46.4 Å². The maximum absolute atomic E-state index is 12.5. The summed E-state index contributed by atoms with van der Waals surface area (Å²) in [6.45, 7) is 18.5. The Balaban J connectivity index is 4.01. The largest absolute Gasteiger partial charge is 0.466 e. The quantitative estimate of drug-likeness (QED) is 0.0453. The Labute approximate surface area is 358 Å². The molecule has 5 heteroatoms. The zero-order valence-corrected chi connectivity index (χ0v) is 39.8. The van der Waals surface area contributed by atoms with E-state index in [-0.39, 0.29) is 11.9 Å². The molecular weight excluding hydrogens is 703 g/mol. The van der Waals surface area contributed by atoms with Gasteiger partial charge in [-0.2, -0.15) is 0 Å². The minimum atomic E-state index is 0.0421. The number of carbonyl (C=O) groups excluding carboxylic acids is 2. The fourth-order valence-corrected chi connectivity index (χ4v) is 8.76. The smallest absolute Gasteiger partial charge is 0.306 e. The molecule has 0 aliphatic heterocycles. The molecule has 0 aromatic carbocycles. The van der Waals surface area contributed by atoms with Gasteiger partial charge < -0.3 is 14.4 Å². The molecule has 0 aromatic heterocycles. The van der Waals surface area contributed by atoms with Crippen LogP contribution in [0.3, 0.4) is 0 Å². The van der Waals surface area contributed by atoms with Gasteiger partial charge in [-0.05, 0) is 82.2 Å². The van der Waals surface area contributed by atoms with Crippen LogP contribution in [0.4, 0.5) is 0 Å². The number of ether oxygens (including phenoxy) is 2. The highest BCUT2D eigenvalue weighted by molar-refractivity contribution is 5.70. The summed E-state index contributed by atoms with van der Waals surface area (Å²) in [6.07, 6.45) is 44.4. The molecule has 0 spiro atoms. The van der Waals surface area contributed by atoms with Crippen molar-refractivity contribution in [2.75, 3.05) is 32.8 Å². The van der Waals surface area contributed by atoms with Crippen molar-refractivity contribution in [2.45, 2.75) is 273 Å². The van der Waals surface area contributed by atoms with Crippen LogP contribution in [0.2, 0.25) is 0 Å². The maximum atomic E-state index is 12.5. The topological polar surface area (TPSA) is 55.8 Å². The summed E-state index contributed by atoms with van der Waals surface area (Å²) in [5.41, 5.74) is 0. The summed E-state index contributed by atoms with van der Waals surface area (Å²) < 4.78 is 11.3. The lowest BCUT2D eigenvalue weighted by atomic mass is 9.92. The predicted molar refractivity (Wildman–Crippen MR) is 249 cm³/mol. The zero-order chi connectivity index (χ0) is 41.9. The highest BCUT2D eigenvalue weighted by Gasteiger charge is 2.16. The van der Waals surface area contributed by atoms with Crippen molar-refractivity contribution in [1.82, 2.24) is 4.90 Å². The summed E-state index contributed by atoms with van der Waals surface area (Å²) >= 11 is 0. The van der Waals surface area contributed by atoms with Crippen LogP contribution in [0, 0.1) is 17.8 Å². The number of nitrogens with zero attached hydrogens (tertiary/aromatic N) is 1. The third-order valence-corrected chi connectivity index (χ3v) is 12.7. The Morgan fingerprint density at radius 1 is 0.351 bits per heavy atom. The molecule has 0 saturated heterocycles. The van der Waals surface area contributed by atoms with Crippen LogP contribution in [0.5, 0.6) is 0 Å². The minimum Gasteiger partial charge on any atom is -0.466 e. The van der Waals surface area contributed by atoms with Crippen molar-refractivity contribution in [3.8, 4) is 0 Å². The van der Waals surface area contributed by atoms with Crippen LogP contribution in [0.1, 0.15) is 273 Å². The Morgan fingerprint density at radius 2 is 0.614 bits per heavy atom. The Morgan fingerprint density at radius 3 is 0.912 bits per heavy atom. The molecule has 340 valence electrons. The average molecular weight is 806 g/mol. The van der Waals surface area contributed by atoms with Crippen molar-refractivity contribution >= 4 is 11.9 Å². The van der Waals surface area contributed by atoms with Gasteiger partial charge >= 0.3 is 11.9 Å². The molecule has 0 aliphatic rings. The molecule has 0 heterocycles. The lowest BCUT2D eigenvalue weighted by molar-refractivity contribution is -0.146. The molecule has 0 radical (unpaired) electrons. The zero-order valence-electron chi connectivity index (χ0n) is 39.8. The Hall–Kier alpha value is -1.10. The molecule has 0 saturated carbocycles. The van der Waals surface area contributed by atoms with Crippen molar-refractivity contribution in [3.05, 3.63) is 0 Å². The monoisotopic (exact) mass is 806 g/mol. The minimum absolute atomic E-state index is 0.0421. The molecule has 0 aliphatic carbocycles. The van der Waals surface area contributed by atoms with Gasteiger partial charge in [0.15, 0.2) is 0 Å². The number of carbonyl (C=O) groups is 2. The lowest BCUT2D eigenvalue weighted by Crippen LogP contribution is -2.29. The van der Waals surface area contributed by atoms with E-state index < -0.39 is 0 Å². The normalized spacial score (nSPS) is 11.8. The third-order valence-electron chi connectivity index (χ3n) is 12.7. The number of rotatable bonds is 46. The van der Waals surface area contributed by atoms with E-state index in [9.17, 15) is 9.59 Å². The van der Waals surface area contributed by atoms with Crippen molar-refractivity contribution in [1.29, 1.82) is 0 Å².